The average Bonchev–Trinajstić information content (AvgIpc) is 2.33. The lowest BCUT2D eigenvalue weighted by Crippen LogP contribution is -2.48. The van der Waals surface area contributed by atoms with Gasteiger partial charge in [-0.3, -0.25) is 0 Å². The van der Waals surface area contributed by atoms with Gasteiger partial charge in [-0.05, 0) is 47.9 Å². The number of nitrogens with two attached hydrogens (primary N) is 1. The van der Waals surface area contributed by atoms with Crippen molar-refractivity contribution >= 4 is 0 Å². The summed E-state index contributed by atoms with van der Waals surface area (Å²) in [6.07, 6.45) is 4.85. The predicted molar refractivity (Wildman–Crippen MR) is 71.1 cm³/mol. The van der Waals surface area contributed by atoms with Crippen LogP contribution in [0.15, 0.2) is 24.3 Å². The van der Waals surface area contributed by atoms with E-state index in [1.165, 1.54) is 24.8 Å². The van der Waals surface area contributed by atoms with Gasteiger partial charge in [0.15, 0.2) is 0 Å². The van der Waals surface area contributed by atoms with E-state index in [9.17, 15) is 5.11 Å². The Morgan fingerprint density at radius 1 is 1.24 bits per heavy atom. The normalized spacial score (nSPS) is 33.6. The minimum Gasteiger partial charge on any atom is -0.508 e. The molecule has 1 aromatic rings. The number of aromatic hydroxyl groups is 1. The van der Waals surface area contributed by atoms with E-state index in [0.29, 0.717) is 12.3 Å². The van der Waals surface area contributed by atoms with Gasteiger partial charge in [-0.2, -0.15) is 0 Å². The summed E-state index contributed by atoms with van der Waals surface area (Å²) in [4.78, 5) is 0. The SMILES string of the molecule is CC1(CN)CCCCC1(C)c1cccc(O)c1. The van der Waals surface area contributed by atoms with Gasteiger partial charge in [-0.25, -0.2) is 0 Å². The molecule has 0 amide bonds. The smallest absolute Gasteiger partial charge is 0.115 e. The van der Waals surface area contributed by atoms with Crippen LogP contribution < -0.4 is 5.73 Å². The van der Waals surface area contributed by atoms with Gasteiger partial charge in [-0.15, -0.1) is 0 Å². The van der Waals surface area contributed by atoms with E-state index in [4.69, 9.17) is 5.73 Å². The summed E-state index contributed by atoms with van der Waals surface area (Å²) in [5.41, 5.74) is 7.47. The van der Waals surface area contributed by atoms with E-state index in [2.05, 4.69) is 19.9 Å². The summed E-state index contributed by atoms with van der Waals surface area (Å²) in [5.74, 6) is 0.355. The van der Waals surface area contributed by atoms with Crippen LogP contribution in [0.3, 0.4) is 0 Å². The first-order valence-electron chi connectivity index (χ1n) is 6.51. The van der Waals surface area contributed by atoms with Crippen molar-refractivity contribution in [3.63, 3.8) is 0 Å². The van der Waals surface area contributed by atoms with Crippen LogP contribution in [0.4, 0.5) is 0 Å². The van der Waals surface area contributed by atoms with Crippen molar-refractivity contribution in [2.45, 2.75) is 44.9 Å². The van der Waals surface area contributed by atoms with Crippen LogP contribution in [-0.2, 0) is 5.41 Å². The Balaban J connectivity index is 2.45. The zero-order valence-electron chi connectivity index (χ0n) is 10.9. The minimum absolute atomic E-state index is 0.0821. The van der Waals surface area contributed by atoms with Crippen molar-refractivity contribution in [1.82, 2.24) is 0 Å². The molecule has 94 valence electrons. The van der Waals surface area contributed by atoms with Crippen LogP contribution in [0.5, 0.6) is 5.75 Å². The molecule has 2 rings (SSSR count). The summed E-state index contributed by atoms with van der Waals surface area (Å²) in [6.45, 7) is 5.29. The van der Waals surface area contributed by atoms with E-state index >= 15 is 0 Å². The molecule has 2 nitrogen and oxygen atoms in total. The minimum atomic E-state index is 0.0821. The van der Waals surface area contributed by atoms with Crippen LogP contribution in [-0.4, -0.2) is 11.7 Å². The largest absolute Gasteiger partial charge is 0.508 e. The third kappa shape index (κ3) is 1.95. The molecular formula is C15H23NO. The maximum absolute atomic E-state index is 9.67. The number of rotatable bonds is 2. The second-order valence-corrected chi connectivity index (χ2v) is 5.85. The van der Waals surface area contributed by atoms with E-state index in [0.717, 1.165) is 6.42 Å². The average molecular weight is 233 g/mol. The number of hydrogen-bond acceptors (Lipinski definition) is 2. The van der Waals surface area contributed by atoms with Gasteiger partial charge in [0.25, 0.3) is 0 Å². The fourth-order valence-electron chi connectivity index (χ4n) is 3.24. The Kier molecular flexibility index (Phi) is 3.17. The zero-order chi connectivity index (χ0) is 12.5. The summed E-state index contributed by atoms with van der Waals surface area (Å²) in [5, 5.41) is 9.67. The summed E-state index contributed by atoms with van der Waals surface area (Å²) < 4.78 is 0. The molecule has 0 aromatic heterocycles. The van der Waals surface area contributed by atoms with E-state index in [1.807, 2.05) is 12.1 Å². The molecule has 0 aliphatic heterocycles. The summed E-state index contributed by atoms with van der Waals surface area (Å²) >= 11 is 0. The molecule has 1 fully saturated rings. The van der Waals surface area contributed by atoms with Gasteiger partial charge >= 0.3 is 0 Å². The van der Waals surface area contributed by atoms with Crippen LogP contribution in [0.2, 0.25) is 0 Å². The lowest BCUT2D eigenvalue weighted by Gasteiger charge is -2.50. The maximum atomic E-state index is 9.67. The predicted octanol–water partition coefficient (Wildman–Crippen LogP) is 3.19. The Morgan fingerprint density at radius 2 is 1.94 bits per heavy atom. The van der Waals surface area contributed by atoms with Crippen molar-refractivity contribution < 1.29 is 5.11 Å². The first-order chi connectivity index (χ1) is 8.02. The fraction of sp³-hybridized carbons (Fsp3) is 0.600. The molecule has 0 bridgehead atoms. The van der Waals surface area contributed by atoms with Crippen molar-refractivity contribution in [3.8, 4) is 5.75 Å². The first-order valence-corrected chi connectivity index (χ1v) is 6.51. The van der Waals surface area contributed by atoms with Gasteiger partial charge in [0.1, 0.15) is 5.75 Å². The van der Waals surface area contributed by atoms with Crippen LogP contribution in [0.1, 0.15) is 45.1 Å². The topological polar surface area (TPSA) is 46.2 Å². The van der Waals surface area contributed by atoms with Crippen LogP contribution >= 0.6 is 0 Å². The van der Waals surface area contributed by atoms with E-state index < -0.39 is 0 Å². The number of benzene rings is 1. The number of phenols is 1. The Labute approximate surface area is 104 Å². The van der Waals surface area contributed by atoms with Crippen molar-refractivity contribution in [2.75, 3.05) is 6.54 Å². The molecule has 2 atom stereocenters. The van der Waals surface area contributed by atoms with Crippen molar-refractivity contribution in [1.29, 1.82) is 0 Å². The highest BCUT2D eigenvalue weighted by Crippen LogP contribution is 2.51. The number of hydrogen-bond donors (Lipinski definition) is 2. The fourth-order valence-corrected chi connectivity index (χ4v) is 3.24. The molecule has 0 radical (unpaired) electrons. The molecule has 1 saturated carbocycles. The van der Waals surface area contributed by atoms with E-state index in [-0.39, 0.29) is 10.8 Å². The molecule has 0 saturated heterocycles. The molecular weight excluding hydrogens is 210 g/mol. The maximum Gasteiger partial charge on any atom is 0.115 e. The summed E-state index contributed by atoms with van der Waals surface area (Å²) in [7, 11) is 0. The highest BCUT2D eigenvalue weighted by molar-refractivity contribution is 5.35. The van der Waals surface area contributed by atoms with Crippen molar-refractivity contribution in [2.24, 2.45) is 11.1 Å². The molecule has 1 aliphatic rings. The Hall–Kier alpha value is -1.02. The first kappa shape index (κ1) is 12.4. The third-order valence-electron chi connectivity index (χ3n) is 4.92. The third-order valence-corrected chi connectivity index (χ3v) is 4.92. The molecule has 1 aliphatic carbocycles. The molecule has 2 heteroatoms. The highest BCUT2D eigenvalue weighted by atomic mass is 16.3. The monoisotopic (exact) mass is 233 g/mol. The van der Waals surface area contributed by atoms with Crippen LogP contribution in [0.25, 0.3) is 0 Å². The molecule has 2 unspecified atom stereocenters. The van der Waals surface area contributed by atoms with Gasteiger partial charge in [0, 0.05) is 0 Å². The number of phenolic OH excluding ortho intramolecular Hbond substituents is 1. The molecule has 17 heavy (non-hydrogen) atoms. The highest BCUT2D eigenvalue weighted by Gasteiger charge is 2.46. The van der Waals surface area contributed by atoms with Gasteiger partial charge in [-0.1, -0.05) is 38.8 Å². The van der Waals surface area contributed by atoms with Crippen molar-refractivity contribution in [3.05, 3.63) is 29.8 Å². The Morgan fingerprint density at radius 3 is 2.59 bits per heavy atom. The second kappa shape index (κ2) is 4.34. The van der Waals surface area contributed by atoms with Crippen LogP contribution in [0, 0.1) is 5.41 Å². The van der Waals surface area contributed by atoms with E-state index in [1.54, 1.807) is 6.07 Å². The molecule has 0 heterocycles. The zero-order valence-corrected chi connectivity index (χ0v) is 10.9. The lowest BCUT2D eigenvalue weighted by atomic mass is 9.55. The molecule has 0 spiro atoms. The molecule has 1 aromatic carbocycles. The van der Waals surface area contributed by atoms with Gasteiger partial charge in [0.05, 0.1) is 0 Å². The second-order valence-electron chi connectivity index (χ2n) is 5.85. The summed E-state index contributed by atoms with van der Waals surface area (Å²) in [6, 6.07) is 7.69. The van der Waals surface area contributed by atoms with Gasteiger partial charge < -0.3 is 10.8 Å². The molecule has 3 N–H and O–H groups in total. The quantitative estimate of drug-likeness (QED) is 0.824. The standard InChI is InChI=1S/C15H23NO/c1-14(11-16)8-3-4-9-15(14,2)12-6-5-7-13(17)10-12/h5-7,10,17H,3-4,8-9,11,16H2,1-2H3. The van der Waals surface area contributed by atoms with Gasteiger partial charge in [0.2, 0.25) is 0 Å². The lowest BCUT2D eigenvalue weighted by molar-refractivity contribution is 0.0969. The Bertz CT molecular complexity index is 404.